The Morgan fingerprint density at radius 1 is 1.12 bits per heavy atom. The molecule has 0 spiro atoms. The number of hydrogen-bond donors (Lipinski definition) is 3. The summed E-state index contributed by atoms with van der Waals surface area (Å²) < 4.78 is 0. The van der Waals surface area contributed by atoms with Crippen LogP contribution in [0, 0.1) is 5.92 Å². The summed E-state index contributed by atoms with van der Waals surface area (Å²) in [6.07, 6.45) is 10.7. The molecule has 26 heavy (non-hydrogen) atoms. The van der Waals surface area contributed by atoms with E-state index < -0.39 is 0 Å². The fraction of sp³-hybridized carbons (Fsp3) is 0.895. The Morgan fingerprint density at radius 2 is 1.81 bits per heavy atom. The van der Waals surface area contributed by atoms with Crippen molar-refractivity contribution >= 4 is 35.8 Å². The number of primary amides is 1. The van der Waals surface area contributed by atoms with Crippen molar-refractivity contribution in [3.05, 3.63) is 0 Å². The Balaban J connectivity index is 0.00000338. The summed E-state index contributed by atoms with van der Waals surface area (Å²) >= 11 is 0. The predicted octanol–water partition coefficient (Wildman–Crippen LogP) is 2.47. The molecule has 0 unspecified atom stereocenters. The van der Waals surface area contributed by atoms with Gasteiger partial charge in [-0.15, -0.1) is 24.0 Å². The smallest absolute Gasteiger partial charge is 0.220 e. The highest BCUT2D eigenvalue weighted by Gasteiger charge is 2.22. The molecule has 4 N–H and O–H groups in total. The molecule has 2 aliphatic rings. The third-order valence-electron chi connectivity index (χ3n) is 5.43. The number of carbonyl (C=O) groups is 1. The zero-order chi connectivity index (χ0) is 17.9. The molecule has 0 aromatic heterocycles. The van der Waals surface area contributed by atoms with Crippen molar-refractivity contribution in [2.75, 3.05) is 32.7 Å². The number of unbranched alkanes of at least 4 members (excludes halogenated alkanes) is 1. The molecule has 1 saturated heterocycles. The lowest BCUT2D eigenvalue weighted by Gasteiger charge is -2.30. The van der Waals surface area contributed by atoms with E-state index in [0.717, 1.165) is 64.4 Å². The number of nitrogens with zero attached hydrogens (tertiary/aromatic N) is 2. The van der Waals surface area contributed by atoms with Crippen LogP contribution in [0.1, 0.15) is 64.7 Å². The van der Waals surface area contributed by atoms with E-state index in [1.807, 2.05) is 0 Å². The Hall–Kier alpha value is -0.570. The summed E-state index contributed by atoms with van der Waals surface area (Å²) in [6.45, 7) is 7.01. The Kier molecular flexibility index (Phi) is 12.3. The second-order valence-electron chi connectivity index (χ2n) is 7.47. The van der Waals surface area contributed by atoms with Crippen molar-refractivity contribution in [3.8, 4) is 0 Å². The van der Waals surface area contributed by atoms with Crippen molar-refractivity contribution < 1.29 is 4.79 Å². The molecule has 6 nitrogen and oxygen atoms in total. The molecule has 7 heteroatoms. The molecule has 152 valence electrons. The van der Waals surface area contributed by atoms with E-state index >= 15 is 0 Å². The number of likely N-dealkylation sites (tertiary alicyclic amines) is 1. The number of halogens is 1. The van der Waals surface area contributed by atoms with Crippen LogP contribution >= 0.6 is 24.0 Å². The van der Waals surface area contributed by atoms with E-state index in [1.54, 1.807) is 0 Å². The number of amides is 1. The maximum Gasteiger partial charge on any atom is 0.220 e. The van der Waals surface area contributed by atoms with Gasteiger partial charge in [-0.1, -0.05) is 19.3 Å². The molecule has 0 radical (unpaired) electrons. The van der Waals surface area contributed by atoms with Gasteiger partial charge in [0.25, 0.3) is 0 Å². The molecule has 2 rings (SSSR count). The average Bonchev–Trinajstić information content (AvgIpc) is 2.63. The van der Waals surface area contributed by atoms with Crippen LogP contribution in [0.2, 0.25) is 0 Å². The molecule has 2 fully saturated rings. The zero-order valence-corrected chi connectivity index (χ0v) is 18.7. The van der Waals surface area contributed by atoms with Crippen LogP contribution in [0.25, 0.3) is 0 Å². The topological polar surface area (TPSA) is 82.8 Å². The van der Waals surface area contributed by atoms with Crippen molar-refractivity contribution in [2.45, 2.75) is 70.8 Å². The Morgan fingerprint density at radius 3 is 2.42 bits per heavy atom. The van der Waals surface area contributed by atoms with Gasteiger partial charge in [-0.05, 0) is 65.1 Å². The third kappa shape index (κ3) is 8.88. The van der Waals surface area contributed by atoms with E-state index in [1.165, 1.54) is 32.1 Å². The minimum absolute atomic E-state index is 0. The largest absolute Gasteiger partial charge is 0.369 e. The summed E-state index contributed by atoms with van der Waals surface area (Å²) in [6, 6.07) is 0.595. The number of carbonyl (C=O) groups excluding carboxylic acids is 1. The van der Waals surface area contributed by atoms with Crippen molar-refractivity contribution in [1.82, 2.24) is 15.5 Å². The molecule has 1 saturated carbocycles. The van der Waals surface area contributed by atoms with E-state index in [9.17, 15) is 4.79 Å². The Bertz CT molecular complexity index is 418. The number of aliphatic imine (C=N–C) groups is 1. The number of nitrogens with one attached hydrogen (secondary N) is 2. The molecule has 0 atom stereocenters. The standard InChI is InChI=1S/C19H37N5O.HI/c1-2-21-19(23-17-8-4-3-5-9-17)22-12-6-7-13-24-14-10-16(11-15-24)18(20)25;/h16-17H,2-15H2,1H3,(H2,20,25)(H2,21,22,23);1H. The summed E-state index contributed by atoms with van der Waals surface area (Å²) in [5.41, 5.74) is 5.39. The van der Waals surface area contributed by atoms with E-state index in [-0.39, 0.29) is 35.8 Å². The fourth-order valence-corrected chi connectivity index (χ4v) is 3.84. The molecule has 1 aliphatic heterocycles. The summed E-state index contributed by atoms with van der Waals surface area (Å²) in [5, 5.41) is 6.97. The van der Waals surface area contributed by atoms with Crippen molar-refractivity contribution in [1.29, 1.82) is 0 Å². The van der Waals surface area contributed by atoms with E-state index in [4.69, 9.17) is 10.7 Å². The maximum atomic E-state index is 11.2. The summed E-state index contributed by atoms with van der Waals surface area (Å²) in [5.74, 6) is 0.946. The zero-order valence-electron chi connectivity index (χ0n) is 16.3. The minimum atomic E-state index is -0.129. The number of nitrogens with two attached hydrogens (primary N) is 1. The van der Waals surface area contributed by atoms with Crippen molar-refractivity contribution in [3.63, 3.8) is 0 Å². The van der Waals surface area contributed by atoms with Crippen LogP contribution in [-0.4, -0.2) is 55.5 Å². The molecule has 1 heterocycles. The van der Waals surface area contributed by atoms with Crippen LogP contribution in [0.15, 0.2) is 4.99 Å². The van der Waals surface area contributed by atoms with Gasteiger partial charge in [0.2, 0.25) is 5.91 Å². The summed E-state index contributed by atoms with van der Waals surface area (Å²) in [7, 11) is 0. The first kappa shape index (κ1) is 23.5. The third-order valence-corrected chi connectivity index (χ3v) is 5.43. The van der Waals surface area contributed by atoms with Gasteiger partial charge in [-0.25, -0.2) is 0 Å². The van der Waals surface area contributed by atoms with Crippen LogP contribution in [-0.2, 0) is 4.79 Å². The molecule has 1 amide bonds. The number of piperidine rings is 1. The highest BCUT2D eigenvalue weighted by Crippen LogP contribution is 2.18. The van der Waals surface area contributed by atoms with Crippen molar-refractivity contribution in [2.24, 2.45) is 16.6 Å². The second-order valence-corrected chi connectivity index (χ2v) is 7.47. The van der Waals surface area contributed by atoms with Crippen LogP contribution in [0.5, 0.6) is 0 Å². The fourth-order valence-electron chi connectivity index (χ4n) is 3.84. The van der Waals surface area contributed by atoms with E-state index in [2.05, 4.69) is 22.5 Å². The van der Waals surface area contributed by atoms with Crippen LogP contribution in [0.3, 0.4) is 0 Å². The molecule has 0 bridgehead atoms. The lowest BCUT2D eigenvalue weighted by molar-refractivity contribution is -0.123. The Labute approximate surface area is 176 Å². The SMILES string of the molecule is CCNC(=NCCCCN1CCC(C(N)=O)CC1)NC1CCCCC1.I. The highest BCUT2D eigenvalue weighted by atomic mass is 127. The van der Waals surface area contributed by atoms with Gasteiger partial charge >= 0.3 is 0 Å². The number of guanidine groups is 1. The van der Waals surface area contributed by atoms with Gasteiger partial charge in [-0.3, -0.25) is 9.79 Å². The quantitative estimate of drug-likeness (QED) is 0.216. The normalized spacial score (nSPS) is 20.4. The molecular weight excluding hydrogens is 441 g/mol. The monoisotopic (exact) mass is 479 g/mol. The number of hydrogen-bond acceptors (Lipinski definition) is 3. The molecule has 1 aliphatic carbocycles. The molecular formula is C19H38IN5O. The van der Waals surface area contributed by atoms with Gasteiger partial charge in [-0.2, -0.15) is 0 Å². The van der Waals surface area contributed by atoms with Gasteiger partial charge in [0.05, 0.1) is 0 Å². The highest BCUT2D eigenvalue weighted by molar-refractivity contribution is 14.0. The average molecular weight is 479 g/mol. The van der Waals surface area contributed by atoms with E-state index in [0.29, 0.717) is 6.04 Å². The first-order valence-corrected chi connectivity index (χ1v) is 10.3. The first-order valence-electron chi connectivity index (χ1n) is 10.3. The summed E-state index contributed by atoms with van der Waals surface area (Å²) in [4.78, 5) is 18.4. The van der Waals surface area contributed by atoms with Gasteiger partial charge < -0.3 is 21.3 Å². The first-order chi connectivity index (χ1) is 12.2. The van der Waals surface area contributed by atoms with Gasteiger partial charge in [0, 0.05) is 25.0 Å². The maximum absolute atomic E-state index is 11.2. The lowest BCUT2D eigenvalue weighted by Crippen LogP contribution is -2.44. The number of rotatable bonds is 8. The lowest BCUT2D eigenvalue weighted by atomic mass is 9.96. The van der Waals surface area contributed by atoms with Gasteiger partial charge in [0.1, 0.15) is 0 Å². The van der Waals surface area contributed by atoms with Crippen LogP contribution < -0.4 is 16.4 Å². The van der Waals surface area contributed by atoms with Crippen LogP contribution in [0.4, 0.5) is 0 Å². The predicted molar refractivity (Wildman–Crippen MR) is 119 cm³/mol. The molecule has 0 aromatic rings. The van der Waals surface area contributed by atoms with Gasteiger partial charge in [0.15, 0.2) is 5.96 Å². The minimum Gasteiger partial charge on any atom is -0.369 e. The second kappa shape index (κ2) is 13.6. The molecule has 0 aromatic carbocycles.